The quantitative estimate of drug-likeness (QED) is 0.926. The van der Waals surface area contributed by atoms with Crippen LogP contribution in [0.25, 0.3) is 10.9 Å². The number of aromatic nitrogens is 2. The molecule has 1 aromatic carbocycles. The van der Waals surface area contributed by atoms with E-state index in [-0.39, 0.29) is 0 Å². The maximum absolute atomic E-state index is 11.3. The van der Waals surface area contributed by atoms with Gasteiger partial charge in [0.1, 0.15) is 4.60 Å². The van der Waals surface area contributed by atoms with Crippen LogP contribution in [-0.4, -0.2) is 20.9 Å². The first-order valence-corrected chi connectivity index (χ1v) is 6.20. The van der Waals surface area contributed by atoms with Gasteiger partial charge in [0.2, 0.25) is 0 Å². The van der Waals surface area contributed by atoms with Crippen molar-refractivity contribution in [1.29, 1.82) is 0 Å². The van der Waals surface area contributed by atoms with Gasteiger partial charge in [-0.3, -0.25) is 9.48 Å². The number of fused-ring (bicyclic) bond motifs is 1. The highest BCUT2D eigenvalue weighted by Crippen LogP contribution is 2.49. The van der Waals surface area contributed by atoms with Gasteiger partial charge in [0, 0.05) is 12.4 Å². The summed E-state index contributed by atoms with van der Waals surface area (Å²) in [6, 6.07) is 5.77. The van der Waals surface area contributed by atoms with Crippen LogP contribution < -0.4 is 0 Å². The van der Waals surface area contributed by atoms with Crippen LogP contribution in [0.1, 0.15) is 18.4 Å². The van der Waals surface area contributed by atoms with Gasteiger partial charge in [-0.05, 0) is 46.5 Å². The van der Waals surface area contributed by atoms with E-state index in [1.807, 2.05) is 25.2 Å². The number of rotatable bonds is 2. The van der Waals surface area contributed by atoms with E-state index in [1.54, 1.807) is 4.68 Å². The highest BCUT2D eigenvalue weighted by Gasteiger charge is 2.51. The van der Waals surface area contributed by atoms with E-state index >= 15 is 0 Å². The summed E-state index contributed by atoms with van der Waals surface area (Å²) in [7, 11) is 1.87. The predicted molar refractivity (Wildman–Crippen MR) is 67.0 cm³/mol. The van der Waals surface area contributed by atoms with Gasteiger partial charge >= 0.3 is 5.97 Å². The Morgan fingerprint density at radius 1 is 1.53 bits per heavy atom. The van der Waals surface area contributed by atoms with Gasteiger partial charge in [-0.25, -0.2) is 0 Å². The highest BCUT2D eigenvalue weighted by molar-refractivity contribution is 9.10. The molecular formula is C12H11BrN2O2. The average molecular weight is 295 g/mol. The Labute approximate surface area is 106 Å². The summed E-state index contributed by atoms with van der Waals surface area (Å²) in [4.78, 5) is 11.3. The lowest BCUT2D eigenvalue weighted by molar-refractivity contribution is -0.140. The van der Waals surface area contributed by atoms with Crippen molar-refractivity contribution >= 4 is 32.8 Å². The summed E-state index contributed by atoms with van der Waals surface area (Å²) >= 11 is 3.40. The van der Waals surface area contributed by atoms with Crippen molar-refractivity contribution in [3.8, 4) is 0 Å². The summed E-state index contributed by atoms with van der Waals surface area (Å²) in [5.41, 5.74) is 1.23. The second-order valence-electron chi connectivity index (χ2n) is 4.53. The Hall–Kier alpha value is -1.36. The van der Waals surface area contributed by atoms with Gasteiger partial charge in [0.15, 0.2) is 0 Å². The maximum Gasteiger partial charge on any atom is 0.314 e. The second-order valence-corrected chi connectivity index (χ2v) is 5.28. The van der Waals surface area contributed by atoms with E-state index in [0.29, 0.717) is 0 Å². The number of hydrogen-bond acceptors (Lipinski definition) is 2. The number of aliphatic carboxylic acids is 1. The molecule has 4 nitrogen and oxygen atoms in total. The molecule has 0 unspecified atom stereocenters. The Bertz CT molecular complexity index is 629. The molecule has 0 atom stereocenters. The Balaban J connectivity index is 2.21. The lowest BCUT2D eigenvalue weighted by Crippen LogP contribution is -2.19. The van der Waals surface area contributed by atoms with Crippen molar-refractivity contribution in [3.05, 3.63) is 28.4 Å². The monoisotopic (exact) mass is 294 g/mol. The van der Waals surface area contributed by atoms with E-state index in [2.05, 4.69) is 21.0 Å². The zero-order valence-corrected chi connectivity index (χ0v) is 10.9. The van der Waals surface area contributed by atoms with Crippen molar-refractivity contribution in [2.75, 3.05) is 0 Å². The molecule has 1 heterocycles. The molecule has 0 spiro atoms. The minimum absolute atomic E-state index is 0.649. The van der Waals surface area contributed by atoms with Crippen molar-refractivity contribution < 1.29 is 9.90 Å². The Morgan fingerprint density at radius 3 is 2.82 bits per heavy atom. The normalized spacial score (nSPS) is 17.3. The summed E-state index contributed by atoms with van der Waals surface area (Å²) in [6.45, 7) is 0. The molecule has 1 aliphatic rings. The third-order valence-corrected chi connectivity index (χ3v) is 4.10. The van der Waals surface area contributed by atoms with Crippen LogP contribution >= 0.6 is 15.9 Å². The molecule has 88 valence electrons. The van der Waals surface area contributed by atoms with Crippen LogP contribution in [0.15, 0.2) is 22.8 Å². The van der Waals surface area contributed by atoms with Gasteiger partial charge in [0.25, 0.3) is 0 Å². The minimum Gasteiger partial charge on any atom is -0.481 e. The van der Waals surface area contributed by atoms with Crippen LogP contribution in [0.2, 0.25) is 0 Å². The van der Waals surface area contributed by atoms with E-state index in [4.69, 9.17) is 0 Å². The molecule has 1 saturated carbocycles. The van der Waals surface area contributed by atoms with Gasteiger partial charge in [-0.15, -0.1) is 0 Å². The number of halogens is 1. The van der Waals surface area contributed by atoms with Gasteiger partial charge in [-0.2, -0.15) is 5.10 Å². The number of benzene rings is 1. The first-order valence-electron chi connectivity index (χ1n) is 5.41. The van der Waals surface area contributed by atoms with Gasteiger partial charge < -0.3 is 5.11 Å². The van der Waals surface area contributed by atoms with Crippen molar-refractivity contribution in [2.45, 2.75) is 18.3 Å². The fraction of sp³-hybridized carbons (Fsp3) is 0.333. The summed E-state index contributed by atoms with van der Waals surface area (Å²) < 4.78 is 2.54. The first kappa shape index (κ1) is 10.8. The van der Waals surface area contributed by atoms with Crippen LogP contribution in [0, 0.1) is 0 Å². The Kier molecular flexibility index (Phi) is 2.10. The minimum atomic E-state index is -0.725. The van der Waals surface area contributed by atoms with E-state index in [0.717, 1.165) is 33.9 Å². The van der Waals surface area contributed by atoms with Crippen LogP contribution in [-0.2, 0) is 17.3 Å². The molecular weight excluding hydrogens is 284 g/mol. The first-order chi connectivity index (χ1) is 8.04. The SMILES string of the molecule is Cn1nc(Br)c2cc(C3(C(=O)O)CC3)ccc21. The molecule has 2 aromatic rings. The van der Waals surface area contributed by atoms with Crippen LogP contribution in [0.5, 0.6) is 0 Å². The summed E-state index contributed by atoms with van der Waals surface area (Å²) in [5, 5.41) is 14.5. The maximum atomic E-state index is 11.3. The molecule has 1 fully saturated rings. The summed E-state index contributed by atoms with van der Waals surface area (Å²) in [5.74, 6) is -0.725. The zero-order valence-electron chi connectivity index (χ0n) is 9.27. The fourth-order valence-corrected chi connectivity index (χ4v) is 2.83. The lowest BCUT2D eigenvalue weighted by Gasteiger charge is -2.10. The number of carboxylic acid groups (broad SMARTS) is 1. The number of hydrogen-bond donors (Lipinski definition) is 1. The molecule has 1 N–H and O–H groups in total. The third kappa shape index (κ3) is 1.42. The fourth-order valence-electron chi connectivity index (χ4n) is 2.27. The number of aryl methyl sites for hydroxylation is 1. The Morgan fingerprint density at radius 2 is 2.24 bits per heavy atom. The van der Waals surface area contributed by atoms with Crippen LogP contribution in [0.3, 0.4) is 0 Å². The molecule has 0 aliphatic heterocycles. The zero-order chi connectivity index (χ0) is 12.2. The smallest absolute Gasteiger partial charge is 0.314 e. The molecule has 17 heavy (non-hydrogen) atoms. The second kappa shape index (κ2) is 3.32. The molecule has 0 bridgehead atoms. The van der Waals surface area contributed by atoms with Crippen molar-refractivity contribution in [2.24, 2.45) is 7.05 Å². The van der Waals surface area contributed by atoms with E-state index in [9.17, 15) is 9.90 Å². The molecule has 1 aromatic heterocycles. The van der Waals surface area contributed by atoms with Crippen molar-refractivity contribution in [3.63, 3.8) is 0 Å². The molecule has 5 heteroatoms. The topological polar surface area (TPSA) is 55.1 Å². The molecule has 0 radical (unpaired) electrons. The predicted octanol–water partition coefficient (Wildman–Crippen LogP) is 2.45. The largest absolute Gasteiger partial charge is 0.481 e. The summed E-state index contributed by atoms with van der Waals surface area (Å²) in [6.07, 6.45) is 1.46. The van der Waals surface area contributed by atoms with E-state index < -0.39 is 11.4 Å². The van der Waals surface area contributed by atoms with Gasteiger partial charge in [-0.1, -0.05) is 6.07 Å². The number of carbonyl (C=O) groups is 1. The molecule has 0 saturated heterocycles. The van der Waals surface area contributed by atoms with Gasteiger partial charge in [0.05, 0.1) is 10.9 Å². The average Bonchev–Trinajstić information content (AvgIpc) is 3.04. The van der Waals surface area contributed by atoms with E-state index in [1.165, 1.54) is 0 Å². The number of nitrogens with zero attached hydrogens (tertiary/aromatic N) is 2. The van der Waals surface area contributed by atoms with Crippen LogP contribution in [0.4, 0.5) is 0 Å². The molecule has 0 amide bonds. The number of carboxylic acids is 1. The molecule has 1 aliphatic carbocycles. The third-order valence-electron chi connectivity index (χ3n) is 3.52. The molecule has 3 rings (SSSR count). The standard InChI is InChI=1S/C12H11BrN2O2/c1-15-9-3-2-7(6-8(9)10(13)14-15)12(4-5-12)11(16)17/h2-3,6H,4-5H2,1H3,(H,16,17). The lowest BCUT2D eigenvalue weighted by atomic mass is 9.95. The van der Waals surface area contributed by atoms with Crippen molar-refractivity contribution in [1.82, 2.24) is 9.78 Å². The highest BCUT2D eigenvalue weighted by atomic mass is 79.9.